The van der Waals surface area contributed by atoms with Crippen LogP contribution in [0.15, 0.2) is 17.0 Å². The Balaban J connectivity index is 3.29. The average Bonchev–Trinajstić information content (AvgIpc) is 2.28. The fourth-order valence-electron chi connectivity index (χ4n) is 1.44. The molecule has 0 amide bonds. The molecule has 0 saturated heterocycles. The minimum atomic E-state index is -4.09. The van der Waals surface area contributed by atoms with Gasteiger partial charge in [-0.1, -0.05) is 11.6 Å². The predicted octanol–water partition coefficient (Wildman–Crippen LogP) is 2.11. The van der Waals surface area contributed by atoms with Gasteiger partial charge in [0.05, 0.1) is 16.9 Å². The van der Waals surface area contributed by atoms with Gasteiger partial charge in [-0.3, -0.25) is 0 Å². The molecule has 0 heterocycles. The number of aromatic carboxylic acids is 1. The molecule has 0 atom stereocenters. The van der Waals surface area contributed by atoms with Gasteiger partial charge in [-0.15, -0.1) is 0 Å². The van der Waals surface area contributed by atoms with Gasteiger partial charge < -0.3 is 10.2 Å². The van der Waals surface area contributed by atoms with Crippen LogP contribution in [0.1, 0.15) is 30.6 Å². The molecule has 0 saturated carbocycles. The summed E-state index contributed by atoms with van der Waals surface area (Å²) in [7, 11) is -4.09. The molecule has 112 valence electrons. The van der Waals surface area contributed by atoms with Crippen LogP contribution in [0.2, 0.25) is 5.02 Å². The summed E-state index contributed by atoms with van der Waals surface area (Å²) in [6.07, 6.45) is -0.121. The number of hydrogen-bond acceptors (Lipinski definition) is 4. The van der Waals surface area contributed by atoms with Gasteiger partial charge in [-0.2, -0.15) is 0 Å². The van der Waals surface area contributed by atoms with Crippen LogP contribution in [-0.2, 0) is 9.84 Å². The fraction of sp³-hybridized carbons (Fsp3) is 0.417. The van der Waals surface area contributed by atoms with Crippen molar-refractivity contribution < 1.29 is 27.8 Å². The number of carboxylic acids is 1. The van der Waals surface area contributed by atoms with Gasteiger partial charge in [0, 0.05) is 5.02 Å². The number of hydrogen-bond donors (Lipinski definition) is 2. The number of rotatable bonds is 5. The summed E-state index contributed by atoms with van der Waals surface area (Å²) in [6, 6.07) is 1.71. The second-order valence-electron chi connectivity index (χ2n) is 4.95. The summed E-state index contributed by atoms with van der Waals surface area (Å²) in [4.78, 5) is 10.1. The first-order chi connectivity index (χ1) is 8.94. The van der Waals surface area contributed by atoms with Gasteiger partial charge in [0.25, 0.3) is 0 Å². The minimum absolute atomic E-state index is 0.121. The maximum absolute atomic E-state index is 13.9. The number of sulfone groups is 1. The standard InChI is InChI=1S/C12H14ClFO5S/c1-12(2,17)3-4-20(18,19)9-6-7(13)5-8(10(9)14)11(15)16/h5-6,17H,3-4H2,1-2H3,(H,15,16). The Hall–Kier alpha value is -1.18. The summed E-state index contributed by atoms with van der Waals surface area (Å²) in [5.41, 5.74) is -2.04. The maximum Gasteiger partial charge on any atom is 0.338 e. The third-order valence-electron chi connectivity index (χ3n) is 2.55. The Morgan fingerprint density at radius 2 is 1.95 bits per heavy atom. The molecule has 0 aliphatic carbocycles. The number of carbonyl (C=O) groups is 1. The van der Waals surface area contributed by atoms with E-state index in [1.165, 1.54) is 13.8 Å². The van der Waals surface area contributed by atoms with Crippen LogP contribution in [0.5, 0.6) is 0 Å². The third kappa shape index (κ3) is 4.16. The van der Waals surface area contributed by atoms with Crippen LogP contribution in [0.25, 0.3) is 0 Å². The Morgan fingerprint density at radius 3 is 2.40 bits per heavy atom. The first-order valence-electron chi connectivity index (χ1n) is 5.61. The lowest BCUT2D eigenvalue weighted by Crippen LogP contribution is -2.24. The van der Waals surface area contributed by atoms with E-state index in [0.29, 0.717) is 0 Å². The smallest absolute Gasteiger partial charge is 0.338 e. The van der Waals surface area contributed by atoms with E-state index in [1.807, 2.05) is 0 Å². The molecule has 0 bridgehead atoms. The Bertz CT molecular complexity index is 634. The van der Waals surface area contributed by atoms with Crippen molar-refractivity contribution in [1.29, 1.82) is 0 Å². The largest absolute Gasteiger partial charge is 0.478 e. The van der Waals surface area contributed by atoms with Gasteiger partial charge in [0.1, 0.15) is 4.90 Å². The van der Waals surface area contributed by atoms with Crippen molar-refractivity contribution in [3.8, 4) is 0 Å². The molecule has 1 aromatic carbocycles. The van der Waals surface area contributed by atoms with Gasteiger partial charge in [0.15, 0.2) is 15.7 Å². The van der Waals surface area contributed by atoms with Crippen molar-refractivity contribution in [2.75, 3.05) is 5.75 Å². The second-order valence-corrected chi connectivity index (χ2v) is 7.47. The van der Waals surface area contributed by atoms with Gasteiger partial charge in [0.2, 0.25) is 0 Å². The van der Waals surface area contributed by atoms with Crippen molar-refractivity contribution in [3.05, 3.63) is 28.5 Å². The highest BCUT2D eigenvalue weighted by molar-refractivity contribution is 7.91. The molecule has 0 aliphatic heterocycles. The first kappa shape index (κ1) is 16.9. The highest BCUT2D eigenvalue weighted by Gasteiger charge is 2.27. The van der Waals surface area contributed by atoms with Crippen molar-refractivity contribution in [1.82, 2.24) is 0 Å². The number of aliphatic hydroxyl groups is 1. The zero-order valence-electron chi connectivity index (χ0n) is 10.9. The summed E-state index contributed by atoms with van der Waals surface area (Å²) in [6.45, 7) is 2.83. The SMILES string of the molecule is CC(C)(O)CCS(=O)(=O)c1cc(Cl)cc(C(=O)O)c1F. The van der Waals surface area contributed by atoms with Crippen LogP contribution in [0.4, 0.5) is 4.39 Å². The fourth-order valence-corrected chi connectivity index (χ4v) is 3.40. The van der Waals surface area contributed by atoms with Crippen LogP contribution in [-0.4, -0.2) is 36.0 Å². The van der Waals surface area contributed by atoms with E-state index in [0.717, 1.165) is 12.1 Å². The van der Waals surface area contributed by atoms with E-state index >= 15 is 0 Å². The predicted molar refractivity (Wildman–Crippen MR) is 71.3 cm³/mol. The molecule has 8 heteroatoms. The van der Waals surface area contributed by atoms with Gasteiger partial charge >= 0.3 is 5.97 Å². The second kappa shape index (κ2) is 5.67. The molecular formula is C12H14ClFO5S. The molecular weight excluding hydrogens is 311 g/mol. The summed E-state index contributed by atoms with van der Waals surface area (Å²) < 4.78 is 38.0. The molecule has 0 radical (unpaired) electrons. The molecule has 1 rings (SSSR count). The van der Waals surface area contributed by atoms with Crippen molar-refractivity contribution in [3.63, 3.8) is 0 Å². The molecule has 0 spiro atoms. The lowest BCUT2D eigenvalue weighted by atomic mass is 10.1. The van der Waals surface area contributed by atoms with E-state index in [-0.39, 0.29) is 11.4 Å². The first-order valence-corrected chi connectivity index (χ1v) is 7.64. The van der Waals surface area contributed by atoms with Crippen molar-refractivity contribution in [2.24, 2.45) is 0 Å². The molecule has 20 heavy (non-hydrogen) atoms. The summed E-state index contributed by atoms with van der Waals surface area (Å²) >= 11 is 5.62. The number of halogens is 2. The summed E-state index contributed by atoms with van der Waals surface area (Å²) in [5.74, 6) is -3.48. The molecule has 0 aromatic heterocycles. The zero-order valence-corrected chi connectivity index (χ0v) is 12.4. The van der Waals surface area contributed by atoms with E-state index in [4.69, 9.17) is 16.7 Å². The van der Waals surface area contributed by atoms with Crippen LogP contribution >= 0.6 is 11.6 Å². The molecule has 2 N–H and O–H groups in total. The average molecular weight is 325 g/mol. The molecule has 0 fully saturated rings. The molecule has 0 aliphatic rings. The van der Waals surface area contributed by atoms with E-state index in [9.17, 15) is 22.7 Å². The Labute approximate surface area is 120 Å². The highest BCUT2D eigenvalue weighted by Crippen LogP contribution is 2.26. The van der Waals surface area contributed by atoms with E-state index < -0.39 is 43.4 Å². The molecule has 1 aromatic rings. The minimum Gasteiger partial charge on any atom is -0.478 e. The van der Waals surface area contributed by atoms with E-state index in [2.05, 4.69) is 0 Å². The normalized spacial score (nSPS) is 12.4. The van der Waals surface area contributed by atoms with Gasteiger partial charge in [-0.25, -0.2) is 17.6 Å². The topological polar surface area (TPSA) is 91.7 Å². The lowest BCUT2D eigenvalue weighted by molar-refractivity contribution is 0.0690. The Morgan fingerprint density at radius 1 is 1.40 bits per heavy atom. The van der Waals surface area contributed by atoms with Gasteiger partial charge in [-0.05, 0) is 32.4 Å². The third-order valence-corrected chi connectivity index (χ3v) is 4.48. The lowest BCUT2D eigenvalue weighted by Gasteiger charge is -2.17. The van der Waals surface area contributed by atoms with Crippen LogP contribution in [0.3, 0.4) is 0 Å². The van der Waals surface area contributed by atoms with Crippen LogP contribution in [0, 0.1) is 5.82 Å². The monoisotopic (exact) mass is 324 g/mol. The Kier molecular flexibility index (Phi) is 4.78. The van der Waals surface area contributed by atoms with E-state index in [1.54, 1.807) is 0 Å². The maximum atomic E-state index is 13.9. The van der Waals surface area contributed by atoms with Crippen LogP contribution < -0.4 is 0 Å². The van der Waals surface area contributed by atoms with Crippen molar-refractivity contribution in [2.45, 2.75) is 30.8 Å². The quantitative estimate of drug-likeness (QED) is 0.865. The molecule has 5 nitrogen and oxygen atoms in total. The van der Waals surface area contributed by atoms with Crippen molar-refractivity contribution >= 4 is 27.4 Å². The number of carboxylic acid groups (broad SMARTS) is 1. The number of benzene rings is 1. The molecule has 0 unspecified atom stereocenters. The zero-order chi connectivity index (χ0) is 15.7. The highest BCUT2D eigenvalue weighted by atomic mass is 35.5. The summed E-state index contributed by atoms with van der Waals surface area (Å²) in [5, 5.41) is 18.1.